The number of amides is 1. The Morgan fingerprint density at radius 3 is 2.59 bits per heavy atom. The maximum atomic E-state index is 12.5. The second kappa shape index (κ2) is 8.54. The van der Waals surface area contributed by atoms with Crippen LogP contribution in [-0.4, -0.2) is 21.4 Å². The first kappa shape index (κ1) is 19.4. The van der Waals surface area contributed by atoms with Crippen LogP contribution in [0.1, 0.15) is 23.6 Å². The summed E-state index contributed by atoms with van der Waals surface area (Å²) in [5, 5.41) is 15.0. The number of carbonyl (C=O) groups excluding carboxylic acids is 1. The molecule has 0 aliphatic carbocycles. The van der Waals surface area contributed by atoms with Gasteiger partial charge in [0.25, 0.3) is 0 Å². The Bertz CT molecular complexity index is 955. The molecule has 0 unspecified atom stereocenters. The van der Waals surface area contributed by atoms with Gasteiger partial charge in [0.05, 0.1) is 5.25 Å². The summed E-state index contributed by atoms with van der Waals surface area (Å²) in [6.45, 7) is 7.95. The highest BCUT2D eigenvalue weighted by Gasteiger charge is 2.18. The van der Waals surface area contributed by atoms with Gasteiger partial charge in [0.1, 0.15) is 0 Å². The summed E-state index contributed by atoms with van der Waals surface area (Å²) in [7, 11) is 0. The first-order valence-corrected chi connectivity index (χ1v) is 10.3. The number of carbonyl (C=O) groups is 1. The van der Waals surface area contributed by atoms with Crippen LogP contribution in [0.3, 0.4) is 0 Å². The zero-order valence-corrected chi connectivity index (χ0v) is 17.4. The van der Waals surface area contributed by atoms with Crippen molar-refractivity contribution < 1.29 is 4.79 Å². The van der Waals surface area contributed by atoms with E-state index >= 15 is 0 Å². The van der Waals surface area contributed by atoms with Gasteiger partial charge in [-0.1, -0.05) is 52.9 Å². The van der Waals surface area contributed by atoms with Crippen LogP contribution < -0.4 is 10.6 Å². The molecule has 1 amide bonds. The van der Waals surface area contributed by atoms with Gasteiger partial charge in [0.15, 0.2) is 4.34 Å². The summed E-state index contributed by atoms with van der Waals surface area (Å²) in [6.07, 6.45) is 0. The lowest BCUT2D eigenvalue weighted by Gasteiger charge is -2.12. The molecule has 7 heteroatoms. The fourth-order valence-corrected chi connectivity index (χ4v) is 4.46. The molecule has 2 N–H and O–H groups in total. The van der Waals surface area contributed by atoms with Crippen LogP contribution in [0.15, 0.2) is 46.8 Å². The largest absolute Gasteiger partial charge is 0.330 e. The molecule has 0 fully saturated rings. The van der Waals surface area contributed by atoms with E-state index in [0.29, 0.717) is 5.13 Å². The van der Waals surface area contributed by atoms with E-state index in [1.165, 1.54) is 34.2 Å². The molecule has 1 atom stereocenters. The molecule has 0 bridgehead atoms. The van der Waals surface area contributed by atoms with Gasteiger partial charge in [-0.2, -0.15) is 0 Å². The van der Waals surface area contributed by atoms with E-state index in [1.54, 1.807) is 0 Å². The number of anilines is 3. The fraction of sp³-hybridized carbons (Fsp3) is 0.250. The number of hydrogen-bond acceptors (Lipinski definition) is 6. The molecule has 140 valence electrons. The molecule has 0 saturated heterocycles. The second-order valence-corrected chi connectivity index (χ2v) is 9.00. The van der Waals surface area contributed by atoms with Gasteiger partial charge in [-0.15, -0.1) is 10.2 Å². The van der Waals surface area contributed by atoms with E-state index in [4.69, 9.17) is 0 Å². The van der Waals surface area contributed by atoms with Crippen molar-refractivity contribution in [2.24, 2.45) is 0 Å². The normalized spacial score (nSPS) is 11.9. The number of rotatable bonds is 6. The Morgan fingerprint density at radius 2 is 1.85 bits per heavy atom. The Morgan fingerprint density at radius 1 is 1.07 bits per heavy atom. The molecule has 3 rings (SSSR count). The van der Waals surface area contributed by atoms with E-state index in [-0.39, 0.29) is 11.2 Å². The molecule has 1 heterocycles. The smallest absolute Gasteiger partial charge is 0.237 e. The van der Waals surface area contributed by atoms with E-state index in [1.807, 2.05) is 64.1 Å². The Labute approximate surface area is 167 Å². The van der Waals surface area contributed by atoms with Crippen LogP contribution in [0.5, 0.6) is 0 Å². The minimum Gasteiger partial charge on any atom is -0.330 e. The number of benzene rings is 2. The molecule has 0 aliphatic rings. The maximum Gasteiger partial charge on any atom is 0.237 e. The van der Waals surface area contributed by atoms with Crippen molar-refractivity contribution in [3.63, 3.8) is 0 Å². The minimum atomic E-state index is -0.273. The summed E-state index contributed by atoms with van der Waals surface area (Å²) < 4.78 is 0.758. The summed E-state index contributed by atoms with van der Waals surface area (Å²) in [5.41, 5.74) is 5.23. The lowest BCUT2D eigenvalue weighted by molar-refractivity contribution is -0.115. The summed E-state index contributed by atoms with van der Waals surface area (Å²) in [5.74, 6) is -0.0460. The van der Waals surface area contributed by atoms with Gasteiger partial charge in [-0.3, -0.25) is 4.79 Å². The number of aromatic nitrogens is 2. The fourth-order valence-electron chi connectivity index (χ4n) is 2.55. The molecule has 0 spiro atoms. The number of nitrogens with one attached hydrogen (secondary N) is 2. The van der Waals surface area contributed by atoms with Gasteiger partial charge >= 0.3 is 0 Å². The van der Waals surface area contributed by atoms with Gasteiger partial charge in [0.2, 0.25) is 11.0 Å². The number of nitrogens with zero attached hydrogens (tertiary/aromatic N) is 2. The topological polar surface area (TPSA) is 66.9 Å². The molecule has 0 saturated carbocycles. The maximum absolute atomic E-state index is 12.5. The van der Waals surface area contributed by atoms with Gasteiger partial charge in [-0.25, -0.2) is 0 Å². The quantitative estimate of drug-likeness (QED) is 0.550. The highest BCUT2D eigenvalue weighted by molar-refractivity contribution is 8.02. The molecular weight excluding hydrogens is 376 g/mol. The van der Waals surface area contributed by atoms with E-state index in [0.717, 1.165) is 21.3 Å². The standard InChI is InChI=1S/C20H22N4OS2/c1-12-6-5-7-16(11-12)21-19-23-24-20(27-19)26-15(4)18(25)22-17-9-8-13(2)10-14(17)3/h5-11,15H,1-4H3,(H,21,23)(H,22,25)/t15-/m0/s1. The lowest BCUT2D eigenvalue weighted by Crippen LogP contribution is -2.22. The monoisotopic (exact) mass is 398 g/mol. The highest BCUT2D eigenvalue weighted by atomic mass is 32.2. The zero-order valence-electron chi connectivity index (χ0n) is 15.7. The van der Waals surface area contributed by atoms with Crippen molar-refractivity contribution >= 4 is 45.5 Å². The van der Waals surface area contributed by atoms with Gasteiger partial charge < -0.3 is 10.6 Å². The van der Waals surface area contributed by atoms with Crippen molar-refractivity contribution in [1.82, 2.24) is 10.2 Å². The molecule has 3 aromatic rings. The lowest BCUT2D eigenvalue weighted by atomic mass is 10.1. The molecule has 27 heavy (non-hydrogen) atoms. The third-order valence-corrected chi connectivity index (χ3v) is 5.99. The predicted octanol–water partition coefficient (Wildman–Crippen LogP) is 5.33. The first-order valence-electron chi connectivity index (χ1n) is 8.62. The number of thioether (sulfide) groups is 1. The Kier molecular flexibility index (Phi) is 6.13. The van der Waals surface area contributed by atoms with Crippen LogP contribution in [0.4, 0.5) is 16.5 Å². The van der Waals surface area contributed by atoms with Crippen LogP contribution in [-0.2, 0) is 4.79 Å². The highest BCUT2D eigenvalue weighted by Crippen LogP contribution is 2.31. The van der Waals surface area contributed by atoms with E-state index in [2.05, 4.69) is 26.9 Å². The van der Waals surface area contributed by atoms with Crippen molar-refractivity contribution in [3.8, 4) is 0 Å². The number of hydrogen-bond donors (Lipinski definition) is 2. The predicted molar refractivity (Wildman–Crippen MR) is 114 cm³/mol. The van der Waals surface area contributed by atoms with Crippen molar-refractivity contribution in [2.45, 2.75) is 37.3 Å². The molecule has 1 aromatic heterocycles. The Balaban J connectivity index is 1.59. The van der Waals surface area contributed by atoms with Crippen LogP contribution in [0.25, 0.3) is 0 Å². The van der Waals surface area contributed by atoms with E-state index in [9.17, 15) is 4.79 Å². The first-order chi connectivity index (χ1) is 12.9. The average Bonchev–Trinajstić information content (AvgIpc) is 3.04. The van der Waals surface area contributed by atoms with Gasteiger partial charge in [-0.05, 0) is 57.0 Å². The van der Waals surface area contributed by atoms with Crippen molar-refractivity contribution in [2.75, 3.05) is 10.6 Å². The minimum absolute atomic E-state index is 0.0460. The van der Waals surface area contributed by atoms with Crippen LogP contribution in [0.2, 0.25) is 0 Å². The summed E-state index contributed by atoms with van der Waals surface area (Å²) >= 11 is 2.85. The zero-order chi connectivity index (χ0) is 19.4. The molecule has 2 aromatic carbocycles. The number of aryl methyl sites for hydroxylation is 3. The molecule has 0 aliphatic heterocycles. The third-order valence-electron chi connectivity index (χ3n) is 3.96. The summed E-state index contributed by atoms with van der Waals surface area (Å²) in [6, 6.07) is 14.1. The average molecular weight is 399 g/mol. The van der Waals surface area contributed by atoms with Crippen LogP contribution >= 0.6 is 23.1 Å². The molecule has 5 nitrogen and oxygen atoms in total. The van der Waals surface area contributed by atoms with Crippen molar-refractivity contribution in [1.29, 1.82) is 0 Å². The van der Waals surface area contributed by atoms with Crippen molar-refractivity contribution in [3.05, 3.63) is 59.2 Å². The SMILES string of the molecule is Cc1cccc(Nc2nnc(S[C@@H](C)C(=O)Nc3ccc(C)cc3C)s2)c1. The Hall–Kier alpha value is -2.38. The molecular formula is C20H22N4OS2. The van der Waals surface area contributed by atoms with Gasteiger partial charge in [0, 0.05) is 11.4 Å². The van der Waals surface area contributed by atoms with E-state index < -0.39 is 0 Å². The molecule has 0 radical (unpaired) electrons. The summed E-state index contributed by atoms with van der Waals surface area (Å²) in [4.78, 5) is 12.5. The third kappa shape index (κ3) is 5.30. The second-order valence-electron chi connectivity index (χ2n) is 6.44. The van der Waals surface area contributed by atoms with Crippen LogP contribution in [0, 0.1) is 20.8 Å².